The Bertz CT molecular complexity index is 74.5. The number of ether oxygens (including phenoxy) is 1. The van der Waals surface area contributed by atoms with Crippen molar-refractivity contribution < 1.29 is 57.2 Å². The van der Waals surface area contributed by atoms with Crippen LogP contribution in [0.25, 0.3) is 0 Å². The maximum Gasteiger partial charge on any atom is 0.292 e. The van der Waals surface area contributed by atoms with Crippen molar-refractivity contribution in [2.75, 3.05) is 7.11 Å². The SMILES string of the molecule is CC(C)O.COC=O.O=CO.[CH3-].[Y]. The van der Waals surface area contributed by atoms with Crippen molar-refractivity contribution in [3.8, 4) is 0 Å². The first-order valence-corrected chi connectivity index (χ1v) is 2.79. The van der Waals surface area contributed by atoms with Crippen LogP contribution >= 0.6 is 0 Å². The van der Waals surface area contributed by atoms with Gasteiger partial charge in [0.15, 0.2) is 0 Å². The van der Waals surface area contributed by atoms with Gasteiger partial charge in [-0.1, -0.05) is 0 Å². The minimum atomic E-state index is -0.250. The average Bonchev–Trinajstić information content (AvgIpc) is 1.88. The molecule has 0 aromatic rings. The van der Waals surface area contributed by atoms with Gasteiger partial charge in [-0.25, -0.2) is 0 Å². The summed E-state index contributed by atoms with van der Waals surface area (Å²) in [5.41, 5.74) is 0. The summed E-state index contributed by atoms with van der Waals surface area (Å²) in [7, 11) is 1.31. The molecule has 0 aliphatic carbocycles. The number of aliphatic hydroxyl groups is 1. The minimum absolute atomic E-state index is 0. The molecule has 6 heteroatoms. The first kappa shape index (κ1) is 29.2. The summed E-state index contributed by atoms with van der Waals surface area (Å²) in [5, 5.41) is 14.9. The largest absolute Gasteiger partial charge is 0.483 e. The zero-order valence-corrected chi connectivity index (χ0v) is 11.3. The average molecular weight is 270 g/mol. The van der Waals surface area contributed by atoms with Gasteiger partial charge in [-0.3, -0.25) is 9.59 Å². The van der Waals surface area contributed by atoms with Gasteiger partial charge in [-0.2, -0.15) is 0 Å². The van der Waals surface area contributed by atoms with Gasteiger partial charge in [0.1, 0.15) is 0 Å². The van der Waals surface area contributed by atoms with Gasteiger partial charge in [0.05, 0.1) is 7.11 Å². The molecule has 0 spiro atoms. The van der Waals surface area contributed by atoms with Gasteiger partial charge in [0.25, 0.3) is 12.9 Å². The van der Waals surface area contributed by atoms with E-state index in [1.54, 1.807) is 13.8 Å². The van der Waals surface area contributed by atoms with Crippen molar-refractivity contribution in [1.29, 1.82) is 0 Å². The van der Waals surface area contributed by atoms with Crippen LogP contribution in [-0.2, 0) is 47.0 Å². The maximum atomic E-state index is 8.95. The standard InChI is InChI=1S/C3H8O.C2H4O2.CH2O2.CH3.Y/c1-3(2)4;1-4-2-3;2-1-3;;/h3-4H,1-2H3;2H,1H3;1H,(H,2,3);1H3;/q;;;-1;. The normalized spacial score (nSPS) is 5.31. The molecule has 5 nitrogen and oxygen atoms in total. The molecule has 0 aliphatic heterocycles. The second-order valence-electron chi connectivity index (χ2n) is 1.53. The summed E-state index contributed by atoms with van der Waals surface area (Å²) in [4.78, 5) is 17.3. The molecule has 0 saturated heterocycles. The third kappa shape index (κ3) is 1190. The molecule has 0 aliphatic rings. The second-order valence-corrected chi connectivity index (χ2v) is 1.53. The molecular weight excluding hydrogens is 253 g/mol. The fraction of sp³-hybridized carbons (Fsp3) is 0.571. The van der Waals surface area contributed by atoms with E-state index >= 15 is 0 Å². The molecule has 0 fully saturated rings. The van der Waals surface area contributed by atoms with Crippen LogP contribution in [0.3, 0.4) is 0 Å². The molecule has 2 N–H and O–H groups in total. The molecule has 0 amide bonds. The molecule has 0 atom stereocenters. The Morgan fingerprint density at radius 3 is 1.38 bits per heavy atom. The predicted molar refractivity (Wildman–Crippen MR) is 45.5 cm³/mol. The topological polar surface area (TPSA) is 83.8 Å². The molecule has 0 aromatic heterocycles. The monoisotopic (exact) mass is 270 g/mol. The summed E-state index contributed by atoms with van der Waals surface area (Å²) in [6, 6.07) is 0. The Kier molecular flexibility index (Phi) is 90.7. The number of hydrogen-bond donors (Lipinski definition) is 2. The summed E-state index contributed by atoms with van der Waals surface area (Å²) >= 11 is 0. The smallest absolute Gasteiger partial charge is 0.292 e. The fourth-order valence-corrected chi connectivity index (χ4v) is 0. The van der Waals surface area contributed by atoms with Crippen molar-refractivity contribution in [3.63, 3.8) is 0 Å². The van der Waals surface area contributed by atoms with Crippen LogP contribution in [-0.4, -0.2) is 36.4 Å². The van der Waals surface area contributed by atoms with E-state index in [1.807, 2.05) is 0 Å². The summed E-state index contributed by atoms with van der Waals surface area (Å²) in [6.45, 7) is 3.57. The van der Waals surface area contributed by atoms with Crippen LogP contribution in [0.1, 0.15) is 13.8 Å². The van der Waals surface area contributed by atoms with Crippen molar-refractivity contribution in [2.24, 2.45) is 0 Å². The third-order valence-electron chi connectivity index (χ3n) is 0.0962. The first-order chi connectivity index (χ1) is 5.06. The van der Waals surface area contributed by atoms with Crippen molar-refractivity contribution in [2.45, 2.75) is 20.0 Å². The van der Waals surface area contributed by atoms with E-state index in [9.17, 15) is 0 Å². The maximum absolute atomic E-state index is 8.95. The minimum Gasteiger partial charge on any atom is -0.483 e. The van der Waals surface area contributed by atoms with Gasteiger partial charge >= 0.3 is 0 Å². The van der Waals surface area contributed by atoms with Gasteiger partial charge in [-0.05, 0) is 13.8 Å². The zero-order valence-electron chi connectivity index (χ0n) is 8.43. The molecule has 0 heterocycles. The number of rotatable bonds is 1. The molecule has 13 heavy (non-hydrogen) atoms. The van der Waals surface area contributed by atoms with Crippen LogP contribution in [0.5, 0.6) is 0 Å². The van der Waals surface area contributed by atoms with Gasteiger partial charge in [0, 0.05) is 38.8 Å². The van der Waals surface area contributed by atoms with Gasteiger partial charge in [0.2, 0.25) is 0 Å². The Hall–Kier alpha value is 0.00390. The number of carboxylic acid groups (broad SMARTS) is 1. The van der Waals surface area contributed by atoms with Gasteiger partial charge < -0.3 is 22.4 Å². The quantitative estimate of drug-likeness (QED) is 0.529. The van der Waals surface area contributed by atoms with E-state index in [0.29, 0.717) is 6.47 Å². The Morgan fingerprint density at radius 1 is 1.31 bits per heavy atom. The zero-order chi connectivity index (χ0) is 9.70. The molecule has 0 rings (SSSR count). The fourth-order valence-electron chi connectivity index (χ4n) is 0. The molecule has 0 aromatic carbocycles. The van der Waals surface area contributed by atoms with Crippen LogP contribution in [0.4, 0.5) is 0 Å². The molecule has 0 bridgehead atoms. The number of hydrogen-bond acceptors (Lipinski definition) is 4. The Balaban J connectivity index is -0.0000000231. The van der Waals surface area contributed by atoms with Crippen molar-refractivity contribution >= 4 is 12.9 Å². The molecule has 79 valence electrons. The van der Waals surface area contributed by atoms with E-state index in [0.717, 1.165) is 0 Å². The molecular formula is C7H17O5Y-. The van der Waals surface area contributed by atoms with Crippen LogP contribution < -0.4 is 0 Å². The number of aliphatic hydroxyl groups excluding tert-OH is 1. The van der Waals surface area contributed by atoms with Crippen LogP contribution in [0, 0.1) is 7.43 Å². The Labute approximate surface area is 104 Å². The first-order valence-electron chi connectivity index (χ1n) is 2.79. The summed E-state index contributed by atoms with van der Waals surface area (Å²) < 4.78 is 3.86. The van der Waals surface area contributed by atoms with E-state index < -0.39 is 0 Å². The van der Waals surface area contributed by atoms with Gasteiger partial charge in [-0.15, -0.1) is 0 Å². The second kappa shape index (κ2) is 40.3. The van der Waals surface area contributed by atoms with E-state index in [1.165, 1.54) is 7.11 Å². The Morgan fingerprint density at radius 2 is 1.38 bits per heavy atom. The molecule has 0 saturated carbocycles. The molecule has 0 unspecified atom stereocenters. The van der Waals surface area contributed by atoms with E-state index in [4.69, 9.17) is 19.8 Å². The van der Waals surface area contributed by atoms with E-state index in [2.05, 4.69) is 4.74 Å². The predicted octanol–water partition coefficient (Wildman–Crippen LogP) is 0.325. The van der Waals surface area contributed by atoms with E-state index in [-0.39, 0.29) is 52.7 Å². The number of methoxy groups -OCH3 is 1. The van der Waals surface area contributed by atoms with Crippen LogP contribution in [0.15, 0.2) is 0 Å². The van der Waals surface area contributed by atoms with Crippen molar-refractivity contribution in [3.05, 3.63) is 7.43 Å². The number of carbonyl (C=O) groups is 2. The third-order valence-corrected chi connectivity index (χ3v) is 0.0962. The van der Waals surface area contributed by atoms with Crippen LogP contribution in [0.2, 0.25) is 0 Å². The molecule has 1 radical (unpaired) electrons. The van der Waals surface area contributed by atoms with Crippen molar-refractivity contribution in [1.82, 2.24) is 0 Å². The summed E-state index contributed by atoms with van der Waals surface area (Å²) in [5.74, 6) is 0. The number of carbonyl (C=O) groups excluding carboxylic acids is 1. The summed E-state index contributed by atoms with van der Waals surface area (Å²) in [6.07, 6.45) is -0.167.